The van der Waals surface area contributed by atoms with Crippen LogP contribution in [0.15, 0.2) is 0 Å². The lowest BCUT2D eigenvalue weighted by Gasteiger charge is -1.94. The van der Waals surface area contributed by atoms with Crippen LogP contribution in [0.2, 0.25) is 0 Å². The van der Waals surface area contributed by atoms with Crippen molar-refractivity contribution in [1.29, 1.82) is 0 Å². The van der Waals surface area contributed by atoms with Gasteiger partial charge in [0.1, 0.15) is 0 Å². The fourth-order valence-electron chi connectivity index (χ4n) is 0.285. The van der Waals surface area contributed by atoms with Gasteiger partial charge in [-0.2, -0.15) is 0 Å². The Hall–Kier alpha value is -0.530. The van der Waals surface area contributed by atoms with Crippen molar-refractivity contribution in [2.45, 2.75) is 20.2 Å². The topological polar surface area (TPSA) is 37.3 Å². The van der Waals surface area contributed by atoms with Crippen molar-refractivity contribution in [3.8, 4) is 0 Å². The van der Waals surface area contributed by atoms with Crippen molar-refractivity contribution in [2.75, 3.05) is 0 Å². The van der Waals surface area contributed by atoms with Crippen molar-refractivity contribution in [3.63, 3.8) is 0 Å². The van der Waals surface area contributed by atoms with Crippen LogP contribution >= 0.6 is 0 Å². The Morgan fingerprint density at radius 3 is 2.43 bits per heavy atom. The summed E-state index contributed by atoms with van der Waals surface area (Å²) >= 11 is 0. The van der Waals surface area contributed by atoms with E-state index in [2.05, 4.69) is 0 Å². The van der Waals surface area contributed by atoms with Gasteiger partial charge < -0.3 is 5.11 Å². The monoisotopic (exact) mass is 103 g/mol. The standard InChI is InChI=1S/C5H10O2/c1-4(2)3-5(6)7/h4H,3H2,1-2H3,(H,6,7)/i3D/t3-/m0/s1. The molecule has 0 unspecified atom stereocenters. The summed E-state index contributed by atoms with van der Waals surface area (Å²) in [5.41, 5.74) is 0. The molecule has 0 radical (unpaired) electrons. The molecule has 0 saturated heterocycles. The first-order valence-corrected chi connectivity index (χ1v) is 2.20. The van der Waals surface area contributed by atoms with Crippen LogP contribution in [0.25, 0.3) is 0 Å². The van der Waals surface area contributed by atoms with E-state index in [1.807, 2.05) is 0 Å². The zero-order chi connectivity index (χ0) is 6.73. The summed E-state index contributed by atoms with van der Waals surface area (Å²) in [6, 6.07) is 0. The molecule has 0 heterocycles. The third-order valence-corrected chi connectivity index (χ3v) is 0.476. The fourth-order valence-corrected chi connectivity index (χ4v) is 0.285. The molecule has 0 aromatic carbocycles. The number of aliphatic carboxylic acids is 1. The van der Waals surface area contributed by atoms with E-state index in [-0.39, 0.29) is 5.92 Å². The molecule has 0 amide bonds. The molecule has 7 heavy (non-hydrogen) atoms. The quantitative estimate of drug-likeness (QED) is 0.568. The van der Waals surface area contributed by atoms with E-state index in [0.717, 1.165) is 0 Å². The van der Waals surface area contributed by atoms with Gasteiger partial charge in [0.2, 0.25) is 0 Å². The molecule has 0 aromatic rings. The predicted molar refractivity (Wildman–Crippen MR) is 27.1 cm³/mol. The Morgan fingerprint density at radius 1 is 2.00 bits per heavy atom. The summed E-state index contributed by atoms with van der Waals surface area (Å²) in [7, 11) is 0. The molecule has 0 bridgehead atoms. The van der Waals surface area contributed by atoms with E-state index in [1.54, 1.807) is 13.8 Å². The van der Waals surface area contributed by atoms with Gasteiger partial charge in [-0.15, -0.1) is 0 Å². The van der Waals surface area contributed by atoms with Crippen LogP contribution in [0, 0.1) is 5.92 Å². The van der Waals surface area contributed by atoms with E-state index in [0.29, 0.717) is 0 Å². The molecule has 0 aromatic heterocycles. The summed E-state index contributed by atoms with van der Waals surface area (Å²) in [6.45, 7) is 3.43. The van der Waals surface area contributed by atoms with Crippen molar-refractivity contribution in [2.24, 2.45) is 5.92 Å². The van der Waals surface area contributed by atoms with Crippen molar-refractivity contribution in [3.05, 3.63) is 0 Å². The van der Waals surface area contributed by atoms with Crippen LogP contribution in [0.4, 0.5) is 0 Å². The molecule has 0 aliphatic rings. The first-order chi connectivity index (χ1) is 3.55. The van der Waals surface area contributed by atoms with E-state index in [9.17, 15) is 4.79 Å². The minimum absolute atomic E-state index is 0.0903. The minimum Gasteiger partial charge on any atom is -0.481 e. The van der Waals surface area contributed by atoms with E-state index < -0.39 is 12.4 Å². The number of hydrogen-bond acceptors (Lipinski definition) is 1. The van der Waals surface area contributed by atoms with Gasteiger partial charge in [-0.1, -0.05) is 13.8 Å². The molecule has 0 aliphatic carbocycles. The molecule has 0 spiro atoms. The lowest BCUT2D eigenvalue weighted by atomic mass is 10.1. The van der Waals surface area contributed by atoms with Crippen LogP contribution in [0.1, 0.15) is 21.6 Å². The van der Waals surface area contributed by atoms with Gasteiger partial charge in [0.05, 0.1) is 0 Å². The maximum absolute atomic E-state index is 9.95. The minimum atomic E-state index is -1.04. The van der Waals surface area contributed by atoms with Crippen molar-refractivity contribution >= 4 is 5.97 Å². The third kappa shape index (κ3) is 5.47. The van der Waals surface area contributed by atoms with Crippen LogP contribution in [0.3, 0.4) is 0 Å². The second-order valence-corrected chi connectivity index (χ2v) is 1.75. The highest BCUT2D eigenvalue weighted by atomic mass is 16.4. The molecule has 0 aliphatic heterocycles. The average Bonchev–Trinajstić information content (AvgIpc) is 1.64. The highest BCUT2D eigenvalue weighted by molar-refractivity contribution is 5.66. The van der Waals surface area contributed by atoms with Gasteiger partial charge in [0.15, 0.2) is 0 Å². The second kappa shape index (κ2) is 2.61. The molecule has 0 fully saturated rings. The average molecular weight is 103 g/mol. The molecule has 1 atom stereocenters. The second-order valence-electron chi connectivity index (χ2n) is 1.75. The molecule has 0 rings (SSSR count). The Morgan fingerprint density at radius 2 is 2.43 bits per heavy atom. The normalized spacial score (nSPS) is 16.1. The van der Waals surface area contributed by atoms with Gasteiger partial charge in [-0.05, 0) is 5.92 Å². The molecule has 0 saturated carbocycles. The number of rotatable bonds is 2. The van der Waals surface area contributed by atoms with Gasteiger partial charge in [0.25, 0.3) is 0 Å². The van der Waals surface area contributed by atoms with E-state index in [1.165, 1.54) is 0 Å². The van der Waals surface area contributed by atoms with Crippen LogP contribution in [-0.2, 0) is 4.79 Å². The van der Waals surface area contributed by atoms with Gasteiger partial charge in [-0.3, -0.25) is 4.79 Å². The SMILES string of the molecule is [2H][C@H](C(=O)O)C(C)C. The Kier molecular flexibility index (Phi) is 1.72. The molecule has 2 heteroatoms. The van der Waals surface area contributed by atoms with Crippen LogP contribution < -0.4 is 0 Å². The number of carboxylic acids is 1. The van der Waals surface area contributed by atoms with Gasteiger partial charge >= 0.3 is 5.97 Å². The zero-order valence-corrected chi connectivity index (χ0v) is 4.51. The lowest BCUT2D eigenvalue weighted by molar-refractivity contribution is -0.137. The smallest absolute Gasteiger partial charge is 0.303 e. The Balaban J connectivity index is 3.64. The summed E-state index contributed by atoms with van der Waals surface area (Å²) < 4.78 is 6.88. The summed E-state index contributed by atoms with van der Waals surface area (Å²) in [4.78, 5) is 9.95. The molecular formula is C5H10O2. The van der Waals surface area contributed by atoms with Crippen molar-refractivity contribution in [1.82, 2.24) is 0 Å². The van der Waals surface area contributed by atoms with E-state index >= 15 is 0 Å². The summed E-state index contributed by atoms with van der Waals surface area (Å²) in [5, 5.41) is 8.16. The maximum Gasteiger partial charge on any atom is 0.303 e. The third-order valence-electron chi connectivity index (χ3n) is 0.476. The van der Waals surface area contributed by atoms with Gasteiger partial charge in [0, 0.05) is 7.77 Å². The van der Waals surface area contributed by atoms with E-state index in [4.69, 9.17) is 6.48 Å². The van der Waals surface area contributed by atoms with Crippen LogP contribution in [0.5, 0.6) is 0 Å². The first kappa shape index (κ1) is 4.62. The fraction of sp³-hybridized carbons (Fsp3) is 0.800. The Labute approximate surface area is 44.6 Å². The molecule has 1 N–H and O–H groups in total. The number of hydrogen-bond donors (Lipinski definition) is 1. The lowest BCUT2D eigenvalue weighted by Crippen LogP contribution is -1.99. The highest BCUT2D eigenvalue weighted by Crippen LogP contribution is 1.96. The predicted octanol–water partition coefficient (Wildman–Crippen LogP) is 1.12. The molecule has 42 valence electrons. The van der Waals surface area contributed by atoms with Crippen LogP contribution in [-0.4, -0.2) is 11.1 Å². The number of carbonyl (C=O) groups is 1. The summed E-state index contributed by atoms with van der Waals surface area (Å²) in [5.74, 6) is -1.13. The Bertz CT molecular complexity index is 90.4. The van der Waals surface area contributed by atoms with Gasteiger partial charge in [-0.25, -0.2) is 0 Å². The first-order valence-electron chi connectivity index (χ1n) is 2.78. The number of carboxylic acid groups (broad SMARTS) is 1. The zero-order valence-electron chi connectivity index (χ0n) is 5.51. The molecular weight excluding hydrogens is 92.1 g/mol. The molecule has 2 nitrogen and oxygen atoms in total. The highest BCUT2D eigenvalue weighted by Gasteiger charge is 1.98. The summed E-state index contributed by atoms with van der Waals surface area (Å²) in [6.07, 6.45) is -0.963. The van der Waals surface area contributed by atoms with Crippen molar-refractivity contribution < 1.29 is 11.3 Å². The largest absolute Gasteiger partial charge is 0.481 e. The maximum atomic E-state index is 9.95.